The molecule has 0 radical (unpaired) electrons. The average Bonchev–Trinajstić information content (AvgIpc) is 2.26. The molecule has 18 heavy (non-hydrogen) atoms. The summed E-state index contributed by atoms with van der Waals surface area (Å²) in [6, 6.07) is 0.421. The van der Waals surface area contributed by atoms with Crippen molar-refractivity contribution in [2.24, 2.45) is 5.92 Å². The Balaban J connectivity index is 2.68. The van der Waals surface area contributed by atoms with Gasteiger partial charge in [0.15, 0.2) is 8.24 Å². The van der Waals surface area contributed by atoms with Crippen molar-refractivity contribution < 1.29 is 9.53 Å². The molecule has 0 aromatic heterocycles. The van der Waals surface area contributed by atoms with Gasteiger partial charge in [-0.1, -0.05) is 52.8 Å². The third-order valence-electron chi connectivity index (χ3n) is 3.40. The summed E-state index contributed by atoms with van der Waals surface area (Å²) < 4.78 is 7.57. The first-order chi connectivity index (χ1) is 8.32. The molecule has 106 valence electrons. The molecule has 0 saturated heterocycles. The van der Waals surface area contributed by atoms with Gasteiger partial charge in [0.05, 0.1) is 6.61 Å². The smallest absolute Gasteiger partial charge is 0.401 e. The second kappa shape index (κ2) is 6.59. The molecule has 0 aliphatic heterocycles. The van der Waals surface area contributed by atoms with Gasteiger partial charge in [-0.2, -0.15) is 0 Å². The zero-order chi connectivity index (χ0) is 13.8. The maximum Gasteiger partial charge on any atom is 0.401 e. The Hall–Kier alpha value is -0.513. The lowest BCUT2D eigenvalue weighted by Crippen LogP contribution is -2.55. The number of amides is 1. The van der Waals surface area contributed by atoms with Gasteiger partial charge in [-0.25, -0.2) is 4.79 Å². The minimum atomic E-state index is -1.65. The lowest BCUT2D eigenvalue weighted by Gasteiger charge is -2.41. The molecular formula is C14H29NO2Si. The van der Waals surface area contributed by atoms with Crippen molar-refractivity contribution >= 4 is 14.3 Å². The number of rotatable bonds is 4. The van der Waals surface area contributed by atoms with E-state index in [9.17, 15) is 4.79 Å². The van der Waals surface area contributed by atoms with Crippen LogP contribution in [0.2, 0.25) is 19.6 Å². The first kappa shape index (κ1) is 15.5. The quantitative estimate of drug-likeness (QED) is 0.715. The van der Waals surface area contributed by atoms with Crippen LogP contribution in [-0.4, -0.2) is 31.5 Å². The third kappa shape index (κ3) is 4.63. The van der Waals surface area contributed by atoms with Crippen LogP contribution in [0.15, 0.2) is 0 Å². The Kier molecular flexibility index (Phi) is 5.69. The van der Waals surface area contributed by atoms with E-state index in [1.165, 1.54) is 19.3 Å². The van der Waals surface area contributed by atoms with Crippen LogP contribution < -0.4 is 0 Å². The van der Waals surface area contributed by atoms with Crippen LogP contribution in [0.4, 0.5) is 4.79 Å². The van der Waals surface area contributed by atoms with E-state index < -0.39 is 8.24 Å². The molecular weight excluding hydrogens is 242 g/mol. The molecule has 0 unspecified atom stereocenters. The number of hydrogen-bond donors (Lipinski definition) is 0. The minimum Gasteiger partial charge on any atom is -0.450 e. The molecule has 0 aromatic carbocycles. The highest BCUT2D eigenvalue weighted by Gasteiger charge is 2.36. The van der Waals surface area contributed by atoms with Crippen LogP contribution in [0.25, 0.3) is 0 Å². The van der Waals surface area contributed by atoms with Crippen LogP contribution in [-0.2, 0) is 4.74 Å². The van der Waals surface area contributed by atoms with Crippen LogP contribution in [0, 0.1) is 5.92 Å². The maximum absolute atomic E-state index is 12.3. The zero-order valence-corrected chi connectivity index (χ0v) is 13.7. The highest BCUT2D eigenvalue weighted by atomic mass is 28.3. The number of carbonyl (C=O) groups excluding carboxylic acids is 1. The lowest BCUT2D eigenvalue weighted by atomic mass is 9.96. The number of carbonyl (C=O) groups is 1. The summed E-state index contributed by atoms with van der Waals surface area (Å²) in [4.78, 5) is 12.3. The summed E-state index contributed by atoms with van der Waals surface area (Å²) in [7, 11) is -1.65. The Bertz CT molecular complexity index is 267. The predicted octanol–water partition coefficient (Wildman–Crippen LogP) is 4.25. The second-order valence-corrected chi connectivity index (χ2v) is 11.6. The van der Waals surface area contributed by atoms with Gasteiger partial charge in [-0.05, 0) is 18.8 Å². The van der Waals surface area contributed by atoms with Gasteiger partial charge in [-0.15, -0.1) is 0 Å². The van der Waals surface area contributed by atoms with E-state index in [0.29, 0.717) is 18.6 Å². The Morgan fingerprint density at radius 1 is 1.22 bits per heavy atom. The molecule has 1 aliphatic carbocycles. The molecule has 1 amide bonds. The summed E-state index contributed by atoms with van der Waals surface area (Å²) in [5, 5.41) is 0. The van der Waals surface area contributed by atoms with Crippen molar-refractivity contribution in [1.82, 2.24) is 4.57 Å². The van der Waals surface area contributed by atoms with Gasteiger partial charge in [0, 0.05) is 6.04 Å². The molecule has 0 heterocycles. The molecule has 4 heteroatoms. The molecule has 0 atom stereocenters. The molecule has 1 rings (SSSR count). The summed E-state index contributed by atoms with van der Waals surface area (Å²) in [6.07, 6.45) is 6.06. The highest BCUT2D eigenvalue weighted by Crippen LogP contribution is 2.27. The van der Waals surface area contributed by atoms with E-state index in [1.54, 1.807) is 0 Å². The zero-order valence-electron chi connectivity index (χ0n) is 12.7. The first-order valence-electron chi connectivity index (χ1n) is 7.28. The molecule has 0 aromatic rings. The lowest BCUT2D eigenvalue weighted by molar-refractivity contribution is 0.0963. The predicted molar refractivity (Wildman–Crippen MR) is 78.2 cm³/mol. The van der Waals surface area contributed by atoms with Crippen molar-refractivity contribution in [3.63, 3.8) is 0 Å². The molecule has 1 fully saturated rings. The Morgan fingerprint density at radius 2 is 1.78 bits per heavy atom. The fourth-order valence-electron chi connectivity index (χ4n) is 2.62. The number of ether oxygens (including phenoxy) is 1. The molecule has 1 saturated carbocycles. The standard InChI is InChI=1S/C14H29NO2Si/c1-12(2)11-17-14(16)15(18(3,4)5)13-9-7-6-8-10-13/h12-13H,6-11H2,1-5H3. The molecule has 3 nitrogen and oxygen atoms in total. The molecule has 0 N–H and O–H groups in total. The SMILES string of the molecule is CC(C)COC(=O)N(C1CCCCC1)[Si](C)(C)C. The van der Waals surface area contributed by atoms with Crippen molar-refractivity contribution in [2.45, 2.75) is 71.6 Å². The number of hydrogen-bond acceptors (Lipinski definition) is 2. The van der Waals surface area contributed by atoms with E-state index in [-0.39, 0.29) is 6.09 Å². The van der Waals surface area contributed by atoms with Crippen molar-refractivity contribution in [3.05, 3.63) is 0 Å². The number of nitrogens with zero attached hydrogens (tertiary/aromatic N) is 1. The van der Waals surface area contributed by atoms with Crippen LogP contribution in [0.5, 0.6) is 0 Å². The van der Waals surface area contributed by atoms with Crippen molar-refractivity contribution in [1.29, 1.82) is 0 Å². The highest BCUT2D eigenvalue weighted by molar-refractivity contribution is 6.75. The Morgan fingerprint density at radius 3 is 2.22 bits per heavy atom. The van der Waals surface area contributed by atoms with Gasteiger partial charge in [0.25, 0.3) is 0 Å². The maximum atomic E-state index is 12.3. The van der Waals surface area contributed by atoms with E-state index in [4.69, 9.17) is 4.74 Å². The average molecular weight is 271 g/mol. The summed E-state index contributed by atoms with van der Waals surface area (Å²) in [6.45, 7) is 11.4. The summed E-state index contributed by atoms with van der Waals surface area (Å²) in [5.41, 5.74) is 0. The van der Waals surface area contributed by atoms with E-state index in [0.717, 1.165) is 12.8 Å². The van der Waals surface area contributed by atoms with E-state index in [1.807, 2.05) is 0 Å². The van der Waals surface area contributed by atoms with Gasteiger partial charge in [0.2, 0.25) is 0 Å². The van der Waals surface area contributed by atoms with Gasteiger partial charge in [0.1, 0.15) is 0 Å². The van der Waals surface area contributed by atoms with Gasteiger partial charge < -0.3 is 9.30 Å². The topological polar surface area (TPSA) is 29.5 Å². The van der Waals surface area contributed by atoms with Gasteiger partial charge in [-0.3, -0.25) is 0 Å². The third-order valence-corrected chi connectivity index (χ3v) is 5.39. The minimum absolute atomic E-state index is 0.0743. The van der Waals surface area contributed by atoms with Crippen molar-refractivity contribution in [2.75, 3.05) is 6.61 Å². The largest absolute Gasteiger partial charge is 0.450 e. The van der Waals surface area contributed by atoms with Crippen molar-refractivity contribution in [3.8, 4) is 0 Å². The van der Waals surface area contributed by atoms with Crippen LogP contribution in [0.1, 0.15) is 46.0 Å². The van der Waals surface area contributed by atoms with E-state index in [2.05, 4.69) is 38.1 Å². The van der Waals surface area contributed by atoms with E-state index >= 15 is 0 Å². The Labute approximate surface area is 113 Å². The van der Waals surface area contributed by atoms with Crippen LogP contribution >= 0.6 is 0 Å². The first-order valence-corrected chi connectivity index (χ1v) is 10.7. The normalized spacial score (nSPS) is 17.9. The fourth-order valence-corrected chi connectivity index (χ4v) is 4.58. The van der Waals surface area contributed by atoms with Crippen LogP contribution in [0.3, 0.4) is 0 Å². The molecule has 0 spiro atoms. The summed E-state index contributed by atoms with van der Waals surface area (Å²) >= 11 is 0. The monoisotopic (exact) mass is 271 g/mol. The summed E-state index contributed by atoms with van der Waals surface area (Å²) in [5.74, 6) is 0.406. The fraction of sp³-hybridized carbons (Fsp3) is 0.929. The molecule has 0 bridgehead atoms. The molecule has 1 aliphatic rings. The van der Waals surface area contributed by atoms with Gasteiger partial charge >= 0.3 is 6.09 Å². The second-order valence-electron chi connectivity index (χ2n) is 6.80.